The minimum absolute atomic E-state index is 0.130. The molecule has 3 aromatic carbocycles. The van der Waals surface area contributed by atoms with Gasteiger partial charge in [-0.25, -0.2) is 14.6 Å². The third-order valence-corrected chi connectivity index (χ3v) is 4.86. The van der Waals surface area contributed by atoms with Crippen molar-refractivity contribution in [3.8, 4) is 11.5 Å². The summed E-state index contributed by atoms with van der Waals surface area (Å²) in [6, 6.07) is 13.9. The number of carbonyl (C=O) groups excluding carboxylic acids is 3. The smallest absolute Gasteiger partial charge is 0.345 e. The van der Waals surface area contributed by atoms with E-state index in [4.69, 9.17) is 32.7 Å². The fourth-order valence-electron chi connectivity index (χ4n) is 2.70. The van der Waals surface area contributed by atoms with E-state index >= 15 is 0 Å². The average Bonchev–Trinajstić information content (AvgIpc) is 2.82. The van der Waals surface area contributed by atoms with E-state index in [1.165, 1.54) is 48.7 Å². The molecule has 3 rings (SSSR count). The minimum Gasteiger partial charge on any atom is -0.490 e. The number of nitrogens with zero attached hydrogens (tertiary/aromatic N) is 1. The third kappa shape index (κ3) is 7.26. The van der Waals surface area contributed by atoms with Crippen LogP contribution < -0.4 is 20.2 Å². The highest BCUT2D eigenvalue weighted by atomic mass is 35.5. The number of hydrogen-bond acceptors (Lipinski definition) is 6. The zero-order valence-corrected chi connectivity index (χ0v) is 19.7. The summed E-state index contributed by atoms with van der Waals surface area (Å²) in [5.41, 5.74) is 2.95. The van der Waals surface area contributed by atoms with Crippen LogP contribution in [0, 0.1) is 5.82 Å². The highest BCUT2D eigenvalue weighted by Crippen LogP contribution is 2.30. The van der Waals surface area contributed by atoms with Crippen molar-refractivity contribution in [3.63, 3.8) is 0 Å². The highest BCUT2D eigenvalue weighted by molar-refractivity contribution is 6.39. The summed E-state index contributed by atoms with van der Waals surface area (Å²) in [7, 11) is 0. The summed E-state index contributed by atoms with van der Waals surface area (Å²) < 4.78 is 23.9. The number of ether oxygens (including phenoxy) is 2. The summed E-state index contributed by atoms with van der Waals surface area (Å²) in [6.45, 7) is 2.04. The van der Waals surface area contributed by atoms with Gasteiger partial charge in [0.2, 0.25) is 0 Å². The van der Waals surface area contributed by atoms with Crippen LogP contribution in [0.3, 0.4) is 0 Å². The molecule has 0 aliphatic heterocycles. The SMILES string of the molecule is CCOc1cc(/C=N\NC(=O)C(=O)Nc2ccc(F)cc2)ccc1OC(=O)c1ccc(Cl)cc1Cl. The molecule has 0 fully saturated rings. The molecule has 2 amide bonds. The van der Waals surface area contributed by atoms with Crippen LogP contribution >= 0.6 is 23.2 Å². The number of anilines is 1. The second kappa shape index (κ2) is 12.0. The predicted molar refractivity (Wildman–Crippen MR) is 130 cm³/mol. The molecule has 0 spiro atoms. The Labute approximate surface area is 209 Å². The number of nitrogens with one attached hydrogen (secondary N) is 2. The molecule has 0 aliphatic carbocycles. The molecule has 0 saturated heterocycles. The van der Waals surface area contributed by atoms with E-state index in [1.54, 1.807) is 13.0 Å². The molecule has 0 atom stereocenters. The molecular weight excluding hydrogens is 500 g/mol. The first-order valence-corrected chi connectivity index (χ1v) is 10.9. The molecule has 0 unspecified atom stereocenters. The normalized spacial score (nSPS) is 10.6. The summed E-state index contributed by atoms with van der Waals surface area (Å²) in [5.74, 6) is -2.79. The van der Waals surface area contributed by atoms with Crippen molar-refractivity contribution in [2.75, 3.05) is 11.9 Å². The Bertz CT molecular complexity index is 1280. The Morgan fingerprint density at radius 1 is 0.971 bits per heavy atom. The molecule has 11 heteroatoms. The van der Waals surface area contributed by atoms with Crippen molar-refractivity contribution in [3.05, 3.63) is 87.7 Å². The number of rotatable bonds is 7. The summed E-state index contributed by atoms with van der Waals surface area (Å²) >= 11 is 11.9. The average molecular weight is 518 g/mol. The Balaban J connectivity index is 1.65. The van der Waals surface area contributed by atoms with Gasteiger partial charge in [-0.2, -0.15) is 5.10 Å². The van der Waals surface area contributed by atoms with Crippen molar-refractivity contribution in [1.82, 2.24) is 5.43 Å². The standard InChI is InChI=1S/C24H18Cl2FN3O5/c1-2-34-21-11-14(3-10-20(21)35-24(33)18-9-4-15(25)12-19(18)26)13-28-30-23(32)22(31)29-17-7-5-16(27)6-8-17/h3-13H,2H2,1H3,(H,29,31)(H,30,32)/b28-13-. The molecule has 0 aromatic heterocycles. The lowest BCUT2D eigenvalue weighted by atomic mass is 10.2. The van der Waals surface area contributed by atoms with Crippen LogP contribution in [0.4, 0.5) is 10.1 Å². The number of hydrazone groups is 1. The molecule has 2 N–H and O–H groups in total. The quantitative estimate of drug-likeness (QED) is 0.153. The second-order valence-corrected chi connectivity index (χ2v) is 7.66. The monoisotopic (exact) mass is 517 g/mol. The fourth-order valence-corrected chi connectivity index (χ4v) is 3.19. The first-order chi connectivity index (χ1) is 16.8. The Kier molecular flexibility index (Phi) is 8.77. The maximum atomic E-state index is 12.9. The number of benzene rings is 3. The van der Waals surface area contributed by atoms with Crippen molar-refractivity contribution in [2.45, 2.75) is 6.92 Å². The van der Waals surface area contributed by atoms with E-state index in [1.807, 2.05) is 0 Å². The molecular formula is C24H18Cl2FN3O5. The lowest BCUT2D eigenvalue weighted by Gasteiger charge is -2.12. The number of halogens is 3. The highest BCUT2D eigenvalue weighted by Gasteiger charge is 2.17. The molecule has 0 bridgehead atoms. The van der Waals surface area contributed by atoms with Gasteiger partial charge in [-0.3, -0.25) is 9.59 Å². The van der Waals surface area contributed by atoms with Gasteiger partial charge in [0.1, 0.15) is 5.82 Å². The van der Waals surface area contributed by atoms with E-state index in [2.05, 4.69) is 15.8 Å². The zero-order valence-electron chi connectivity index (χ0n) is 18.2. The predicted octanol–water partition coefficient (Wildman–Crippen LogP) is 4.84. The lowest BCUT2D eigenvalue weighted by molar-refractivity contribution is -0.136. The van der Waals surface area contributed by atoms with Gasteiger partial charge in [0.05, 0.1) is 23.4 Å². The Morgan fingerprint density at radius 2 is 1.71 bits per heavy atom. The maximum Gasteiger partial charge on any atom is 0.345 e. The van der Waals surface area contributed by atoms with Gasteiger partial charge in [-0.1, -0.05) is 23.2 Å². The van der Waals surface area contributed by atoms with Crippen molar-refractivity contribution < 1.29 is 28.2 Å². The van der Waals surface area contributed by atoms with Crippen LogP contribution in [0.2, 0.25) is 10.0 Å². The van der Waals surface area contributed by atoms with Gasteiger partial charge in [0.25, 0.3) is 0 Å². The first-order valence-electron chi connectivity index (χ1n) is 10.1. The molecule has 0 radical (unpaired) electrons. The summed E-state index contributed by atoms with van der Waals surface area (Å²) in [5, 5.41) is 6.57. The van der Waals surface area contributed by atoms with Crippen LogP contribution in [0.25, 0.3) is 0 Å². The maximum absolute atomic E-state index is 12.9. The third-order valence-electron chi connectivity index (χ3n) is 4.31. The minimum atomic E-state index is -1.03. The summed E-state index contributed by atoms with van der Waals surface area (Å²) in [4.78, 5) is 36.3. The fraction of sp³-hybridized carbons (Fsp3) is 0.0833. The van der Waals surface area contributed by atoms with E-state index in [0.717, 1.165) is 12.1 Å². The molecule has 0 saturated carbocycles. The summed E-state index contributed by atoms with van der Waals surface area (Å²) in [6.07, 6.45) is 1.27. The number of carbonyl (C=O) groups is 3. The molecule has 0 heterocycles. The number of hydrogen-bond donors (Lipinski definition) is 2. The molecule has 35 heavy (non-hydrogen) atoms. The van der Waals surface area contributed by atoms with Crippen molar-refractivity contribution >= 4 is 52.9 Å². The Hall–Kier alpha value is -3.95. The Morgan fingerprint density at radius 3 is 2.40 bits per heavy atom. The largest absolute Gasteiger partial charge is 0.490 e. The van der Waals surface area contributed by atoms with Crippen molar-refractivity contribution in [2.24, 2.45) is 5.10 Å². The van der Waals surface area contributed by atoms with Gasteiger partial charge in [-0.15, -0.1) is 0 Å². The van der Waals surface area contributed by atoms with Crippen LogP contribution in [0.1, 0.15) is 22.8 Å². The second-order valence-electron chi connectivity index (χ2n) is 6.81. The van der Waals surface area contributed by atoms with Gasteiger partial charge in [0.15, 0.2) is 11.5 Å². The van der Waals surface area contributed by atoms with Crippen LogP contribution in [0.15, 0.2) is 65.8 Å². The van der Waals surface area contributed by atoms with E-state index in [-0.39, 0.29) is 34.4 Å². The topological polar surface area (TPSA) is 106 Å². The molecule has 8 nitrogen and oxygen atoms in total. The van der Waals surface area contributed by atoms with Crippen molar-refractivity contribution in [1.29, 1.82) is 0 Å². The van der Waals surface area contributed by atoms with Gasteiger partial charge < -0.3 is 14.8 Å². The van der Waals surface area contributed by atoms with Crippen LogP contribution in [0.5, 0.6) is 11.5 Å². The van der Waals surface area contributed by atoms with Gasteiger partial charge in [-0.05, 0) is 73.2 Å². The zero-order chi connectivity index (χ0) is 25.4. The lowest BCUT2D eigenvalue weighted by Crippen LogP contribution is -2.32. The van der Waals surface area contributed by atoms with Crippen LogP contribution in [-0.2, 0) is 9.59 Å². The van der Waals surface area contributed by atoms with E-state index < -0.39 is 23.6 Å². The molecule has 0 aliphatic rings. The number of amides is 2. The van der Waals surface area contributed by atoms with E-state index in [0.29, 0.717) is 10.6 Å². The van der Waals surface area contributed by atoms with Gasteiger partial charge >= 0.3 is 17.8 Å². The number of esters is 1. The van der Waals surface area contributed by atoms with Crippen LogP contribution in [-0.4, -0.2) is 30.6 Å². The van der Waals surface area contributed by atoms with Gasteiger partial charge in [0, 0.05) is 10.7 Å². The van der Waals surface area contributed by atoms with E-state index in [9.17, 15) is 18.8 Å². The molecule has 180 valence electrons. The molecule has 3 aromatic rings. The first kappa shape index (κ1) is 25.7.